The Morgan fingerprint density at radius 2 is 1.24 bits per heavy atom. The van der Waals surface area contributed by atoms with Crippen LogP contribution >= 0.6 is 23.2 Å². The maximum Gasteiger partial charge on any atom is 0.219 e. The molecule has 3 aliphatic heterocycles. The van der Waals surface area contributed by atoms with Gasteiger partial charge in [-0.05, 0) is 48.9 Å². The van der Waals surface area contributed by atoms with Crippen LogP contribution in [0.5, 0.6) is 11.8 Å². The highest BCUT2D eigenvalue weighted by molar-refractivity contribution is 6.39. The number of aromatic nitrogens is 2. The molecule has 0 saturated carbocycles. The highest BCUT2D eigenvalue weighted by Gasteiger charge is 2.55. The molecule has 0 radical (unpaired) electrons. The summed E-state index contributed by atoms with van der Waals surface area (Å²) in [7, 11) is 3.36. The topological polar surface area (TPSA) is 91.3 Å². The summed E-state index contributed by atoms with van der Waals surface area (Å²) >= 11 is 14.5. The van der Waals surface area contributed by atoms with Gasteiger partial charge in [0.25, 0.3) is 0 Å². The van der Waals surface area contributed by atoms with Crippen molar-refractivity contribution in [3.63, 3.8) is 0 Å². The number of nitrogens with zero attached hydrogens (tertiary/aromatic N) is 5. The summed E-state index contributed by atoms with van der Waals surface area (Å²) in [5, 5.41) is 11.0. The number of likely N-dealkylation sites (tertiary alicyclic amines) is 3. The Balaban J connectivity index is 1.01. The first-order valence-electron chi connectivity index (χ1n) is 17.8. The van der Waals surface area contributed by atoms with Crippen LogP contribution in [0.1, 0.15) is 54.1 Å². The summed E-state index contributed by atoms with van der Waals surface area (Å²) in [4.78, 5) is 28.5. The first-order valence-corrected chi connectivity index (χ1v) is 18.6. The summed E-state index contributed by atoms with van der Waals surface area (Å²) in [6.07, 6.45) is 3.59. The number of β-amino-alcohol motifs (C(OH)–C–C–N with tert-alkyl or cyclic N) is 1. The van der Waals surface area contributed by atoms with E-state index in [4.69, 9.17) is 42.6 Å². The average molecular weight is 727 g/mol. The van der Waals surface area contributed by atoms with Crippen LogP contribution in [0.25, 0.3) is 33.6 Å². The van der Waals surface area contributed by atoms with E-state index in [0.717, 1.165) is 91.1 Å². The minimum atomic E-state index is -0.259. The van der Waals surface area contributed by atoms with Crippen molar-refractivity contribution in [3.05, 3.63) is 80.8 Å². The molecule has 5 aliphatic rings. The summed E-state index contributed by atoms with van der Waals surface area (Å²) in [6, 6.07) is 16.7. The van der Waals surface area contributed by atoms with Gasteiger partial charge in [0.1, 0.15) is 0 Å². The quantitative estimate of drug-likeness (QED) is 0.228. The molecule has 9 nitrogen and oxygen atoms in total. The van der Waals surface area contributed by atoms with Crippen molar-refractivity contribution in [1.29, 1.82) is 0 Å². The number of hydrogen-bond donors (Lipinski definition) is 1. The minimum Gasteiger partial charge on any atom is -0.481 e. The van der Waals surface area contributed by atoms with Crippen LogP contribution in [0.3, 0.4) is 0 Å². The molecule has 5 heterocycles. The number of methoxy groups -OCH3 is 2. The fraction of sp³-hybridized carbons (Fsp3) is 0.425. The number of amides is 1. The fourth-order valence-electron chi connectivity index (χ4n) is 9.32. The van der Waals surface area contributed by atoms with Crippen molar-refractivity contribution < 1.29 is 19.4 Å². The van der Waals surface area contributed by atoms with Gasteiger partial charge in [0.15, 0.2) is 0 Å². The smallest absolute Gasteiger partial charge is 0.219 e. The van der Waals surface area contributed by atoms with Crippen LogP contribution < -0.4 is 9.47 Å². The van der Waals surface area contributed by atoms with E-state index < -0.39 is 0 Å². The van der Waals surface area contributed by atoms with Gasteiger partial charge in [0, 0.05) is 97.1 Å². The Hall–Kier alpha value is -3.73. The van der Waals surface area contributed by atoms with E-state index in [1.54, 1.807) is 21.1 Å². The molecule has 0 unspecified atom stereocenters. The zero-order valence-electron chi connectivity index (χ0n) is 29.1. The standard InChI is InChI=1S/C40H41Cl2N5O4/c1-22(48)46-18-40(19-46)20-47(21-40)33-13-11-24-15-31(44-39(51-3)35(24)33)29-9-5-7-27(37(29)42)26-6-4-8-28(36(26)41)30-14-23-10-12-32(45-16-25(49)17-45)34(23)38(43-30)50-2/h4-9,14-15,25,32-33,49H,10-13,16-21H2,1-3H3/t32-,33-/m0/s1. The van der Waals surface area contributed by atoms with Crippen LogP contribution in [-0.2, 0) is 17.6 Å². The lowest BCUT2D eigenvalue weighted by Crippen LogP contribution is -2.72. The molecule has 3 fully saturated rings. The molecule has 264 valence electrons. The first-order chi connectivity index (χ1) is 24.7. The molecule has 1 amide bonds. The normalized spacial score (nSPS) is 22.3. The molecular weight excluding hydrogens is 685 g/mol. The predicted molar refractivity (Wildman–Crippen MR) is 197 cm³/mol. The van der Waals surface area contributed by atoms with E-state index in [9.17, 15) is 9.90 Å². The van der Waals surface area contributed by atoms with Gasteiger partial charge in [-0.25, -0.2) is 9.97 Å². The molecule has 1 N–H and O–H groups in total. The molecule has 1 spiro atoms. The number of halogens is 2. The maximum absolute atomic E-state index is 11.8. The van der Waals surface area contributed by atoms with E-state index in [0.29, 0.717) is 34.9 Å². The van der Waals surface area contributed by atoms with Crippen molar-refractivity contribution in [2.45, 2.75) is 50.8 Å². The lowest BCUT2D eigenvalue weighted by molar-refractivity contribution is -0.161. The molecular formula is C40H41Cl2N5O4. The number of carbonyl (C=O) groups is 1. The number of ether oxygens (including phenoxy) is 2. The van der Waals surface area contributed by atoms with Gasteiger partial charge >= 0.3 is 0 Å². The number of aliphatic hydroxyl groups is 1. The summed E-state index contributed by atoms with van der Waals surface area (Å²) < 4.78 is 11.8. The predicted octanol–water partition coefficient (Wildman–Crippen LogP) is 6.62. The number of pyridine rings is 2. The zero-order chi connectivity index (χ0) is 35.2. The Bertz CT molecular complexity index is 2070. The maximum atomic E-state index is 11.8. The minimum absolute atomic E-state index is 0.164. The summed E-state index contributed by atoms with van der Waals surface area (Å²) in [5.41, 5.74) is 9.78. The molecule has 9 rings (SSSR count). The molecule has 11 heteroatoms. The molecule has 2 aromatic heterocycles. The fourth-order valence-corrected chi connectivity index (χ4v) is 9.97. The van der Waals surface area contributed by atoms with Gasteiger partial charge in [-0.1, -0.05) is 59.6 Å². The molecule has 3 saturated heterocycles. The van der Waals surface area contributed by atoms with Crippen LogP contribution in [-0.4, -0.2) is 95.3 Å². The third-order valence-electron chi connectivity index (χ3n) is 11.8. The number of carbonyl (C=O) groups excluding carboxylic acids is 1. The van der Waals surface area contributed by atoms with Crippen LogP contribution in [0.2, 0.25) is 10.0 Å². The highest BCUT2D eigenvalue weighted by Crippen LogP contribution is 2.51. The lowest BCUT2D eigenvalue weighted by atomic mass is 9.72. The van der Waals surface area contributed by atoms with Gasteiger partial charge in [-0.15, -0.1) is 0 Å². The van der Waals surface area contributed by atoms with Gasteiger partial charge in [0.05, 0.1) is 41.8 Å². The Labute approximate surface area is 308 Å². The number of aliphatic hydroxyl groups excluding tert-OH is 1. The molecule has 0 bridgehead atoms. The molecule has 2 atom stereocenters. The number of rotatable bonds is 7. The summed E-state index contributed by atoms with van der Waals surface area (Å²) in [5.74, 6) is 1.43. The van der Waals surface area contributed by atoms with Gasteiger partial charge in [0.2, 0.25) is 17.7 Å². The van der Waals surface area contributed by atoms with Gasteiger partial charge < -0.3 is 19.5 Å². The van der Waals surface area contributed by atoms with E-state index in [1.165, 1.54) is 16.7 Å². The van der Waals surface area contributed by atoms with E-state index in [1.807, 2.05) is 41.3 Å². The molecule has 4 aromatic rings. The number of fused-ring (bicyclic) bond motifs is 2. The van der Waals surface area contributed by atoms with Crippen LogP contribution in [0, 0.1) is 5.41 Å². The molecule has 51 heavy (non-hydrogen) atoms. The number of benzene rings is 2. The number of aryl methyl sites for hydroxylation is 2. The molecule has 2 aromatic carbocycles. The summed E-state index contributed by atoms with van der Waals surface area (Å²) in [6.45, 7) is 6.73. The largest absolute Gasteiger partial charge is 0.481 e. The van der Waals surface area contributed by atoms with Gasteiger partial charge in [-0.3, -0.25) is 14.6 Å². The second-order valence-corrected chi connectivity index (χ2v) is 15.8. The second kappa shape index (κ2) is 12.5. The highest BCUT2D eigenvalue weighted by atomic mass is 35.5. The van der Waals surface area contributed by atoms with E-state index >= 15 is 0 Å². The lowest BCUT2D eigenvalue weighted by Gasteiger charge is -2.61. The van der Waals surface area contributed by atoms with Crippen molar-refractivity contribution in [2.24, 2.45) is 5.41 Å². The second-order valence-electron chi connectivity index (χ2n) is 15.0. The zero-order valence-corrected chi connectivity index (χ0v) is 30.6. The Kier molecular flexibility index (Phi) is 8.09. The average Bonchev–Trinajstić information content (AvgIpc) is 3.69. The molecule has 2 aliphatic carbocycles. The Morgan fingerprint density at radius 1 is 0.765 bits per heavy atom. The van der Waals surface area contributed by atoms with Crippen molar-refractivity contribution in [1.82, 2.24) is 24.7 Å². The van der Waals surface area contributed by atoms with Crippen LogP contribution in [0.15, 0.2) is 48.5 Å². The first kappa shape index (κ1) is 33.1. The van der Waals surface area contributed by atoms with Crippen LogP contribution in [0.4, 0.5) is 0 Å². The van der Waals surface area contributed by atoms with E-state index in [-0.39, 0.29) is 29.5 Å². The van der Waals surface area contributed by atoms with Crippen molar-refractivity contribution >= 4 is 29.1 Å². The van der Waals surface area contributed by atoms with Crippen molar-refractivity contribution in [2.75, 3.05) is 53.5 Å². The number of hydrogen-bond acceptors (Lipinski definition) is 8. The third-order valence-corrected chi connectivity index (χ3v) is 12.6. The van der Waals surface area contributed by atoms with E-state index in [2.05, 4.69) is 21.9 Å². The van der Waals surface area contributed by atoms with Crippen molar-refractivity contribution in [3.8, 4) is 45.4 Å². The Morgan fingerprint density at radius 3 is 1.69 bits per heavy atom. The van der Waals surface area contributed by atoms with Gasteiger partial charge in [-0.2, -0.15) is 0 Å². The SMILES string of the molecule is COc1nc(-c2cccc(-c3cccc(-c4cc5c(c(OC)n4)[C@@H](N4CC6(CN(C(C)=O)C6)C4)CC5)c3Cl)c2Cl)cc2c1[C@@H](N1CC(O)C1)CC2. The third kappa shape index (κ3) is 5.34. The monoisotopic (exact) mass is 725 g/mol.